The molecule has 0 heterocycles. The molecule has 1 rings (SSSR count). The van der Waals surface area contributed by atoms with Crippen LogP contribution in [-0.2, 0) is 4.79 Å². The fraction of sp³-hybridized carbons (Fsp3) is 0.500. The van der Waals surface area contributed by atoms with Crippen LogP contribution in [0.1, 0.15) is 25.8 Å². The van der Waals surface area contributed by atoms with Crippen molar-refractivity contribution < 1.29 is 14.6 Å². The molecule has 2 N–H and O–H groups in total. The molecular formula is C14H21NO3. The van der Waals surface area contributed by atoms with Gasteiger partial charge in [0, 0.05) is 0 Å². The van der Waals surface area contributed by atoms with Crippen molar-refractivity contribution >= 4 is 5.91 Å². The highest BCUT2D eigenvalue weighted by molar-refractivity contribution is 5.81. The van der Waals surface area contributed by atoms with E-state index in [0.717, 1.165) is 5.56 Å². The SMILES string of the molecule is CC[C@H](CO)NC(=O)C(C)Oc1ccc(C)cc1. The molecule has 0 radical (unpaired) electrons. The molecule has 100 valence electrons. The van der Waals surface area contributed by atoms with Crippen molar-refractivity contribution in [1.29, 1.82) is 0 Å². The van der Waals surface area contributed by atoms with E-state index in [1.165, 1.54) is 0 Å². The number of benzene rings is 1. The van der Waals surface area contributed by atoms with Crippen LogP contribution < -0.4 is 10.1 Å². The number of aryl methyl sites for hydroxylation is 1. The number of aliphatic hydroxyl groups excluding tert-OH is 1. The number of ether oxygens (including phenoxy) is 1. The molecule has 0 saturated carbocycles. The summed E-state index contributed by atoms with van der Waals surface area (Å²) in [5.74, 6) is 0.455. The standard InChI is InChI=1S/C14H21NO3/c1-4-12(9-16)15-14(17)11(3)18-13-7-5-10(2)6-8-13/h5-8,11-12,16H,4,9H2,1-3H3,(H,15,17)/t11?,12-/m1/s1. The second kappa shape index (κ2) is 7.01. The Morgan fingerprint density at radius 2 is 2.00 bits per heavy atom. The van der Waals surface area contributed by atoms with E-state index < -0.39 is 6.10 Å². The molecule has 1 amide bonds. The molecule has 0 aliphatic heterocycles. The second-order valence-electron chi connectivity index (χ2n) is 4.37. The maximum absolute atomic E-state index is 11.8. The van der Waals surface area contributed by atoms with Gasteiger partial charge in [-0.3, -0.25) is 4.79 Å². The minimum absolute atomic E-state index is 0.0561. The maximum Gasteiger partial charge on any atom is 0.261 e. The highest BCUT2D eigenvalue weighted by atomic mass is 16.5. The Balaban J connectivity index is 2.51. The van der Waals surface area contributed by atoms with Crippen LogP contribution in [0.2, 0.25) is 0 Å². The van der Waals surface area contributed by atoms with Crippen molar-refractivity contribution in [3.63, 3.8) is 0 Å². The van der Waals surface area contributed by atoms with Crippen LogP contribution in [0.25, 0.3) is 0 Å². The maximum atomic E-state index is 11.8. The van der Waals surface area contributed by atoms with E-state index in [-0.39, 0.29) is 18.6 Å². The number of carbonyl (C=O) groups is 1. The van der Waals surface area contributed by atoms with E-state index in [1.807, 2.05) is 38.1 Å². The van der Waals surface area contributed by atoms with Gasteiger partial charge in [0.25, 0.3) is 5.91 Å². The number of hydrogen-bond acceptors (Lipinski definition) is 3. The molecule has 1 aromatic rings. The summed E-state index contributed by atoms with van der Waals surface area (Å²) in [6.07, 6.45) is 0.118. The van der Waals surface area contributed by atoms with Crippen LogP contribution in [-0.4, -0.2) is 29.8 Å². The van der Waals surface area contributed by atoms with Crippen molar-refractivity contribution in [3.05, 3.63) is 29.8 Å². The molecule has 0 aliphatic carbocycles. The Morgan fingerprint density at radius 3 is 2.50 bits per heavy atom. The van der Waals surface area contributed by atoms with Crippen LogP contribution in [0, 0.1) is 6.92 Å². The van der Waals surface area contributed by atoms with Crippen molar-refractivity contribution in [1.82, 2.24) is 5.32 Å². The number of hydrogen-bond donors (Lipinski definition) is 2. The van der Waals surface area contributed by atoms with E-state index >= 15 is 0 Å². The Bertz CT molecular complexity index is 371. The zero-order valence-corrected chi connectivity index (χ0v) is 11.1. The summed E-state index contributed by atoms with van der Waals surface area (Å²) in [7, 11) is 0. The van der Waals surface area contributed by atoms with Gasteiger partial charge in [0.15, 0.2) is 6.10 Å². The smallest absolute Gasteiger partial charge is 0.261 e. The first kappa shape index (κ1) is 14.5. The molecular weight excluding hydrogens is 230 g/mol. The minimum atomic E-state index is -0.576. The fourth-order valence-electron chi connectivity index (χ4n) is 1.47. The summed E-state index contributed by atoms with van der Waals surface area (Å²) in [4.78, 5) is 11.8. The van der Waals surface area contributed by atoms with Crippen molar-refractivity contribution in [3.8, 4) is 5.75 Å². The van der Waals surface area contributed by atoms with Gasteiger partial charge in [-0.15, -0.1) is 0 Å². The Morgan fingerprint density at radius 1 is 1.39 bits per heavy atom. The van der Waals surface area contributed by atoms with Crippen LogP contribution >= 0.6 is 0 Å². The third-order valence-corrected chi connectivity index (χ3v) is 2.76. The van der Waals surface area contributed by atoms with Crippen molar-refractivity contribution in [2.75, 3.05) is 6.61 Å². The van der Waals surface area contributed by atoms with Gasteiger partial charge in [-0.1, -0.05) is 24.6 Å². The number of aliphatic hydroxyl groups is 1. The van der Waals surface area contributed by atoms with Crippen LogP contribution in [0.15, 0.2) is 24.3 Å². The third-order valence-electron chi connectivity index (χ3n) is 2.76. The average Bonchev–Trinajstić information content (AvgIpc) is 2.38. The molecule has 2 atom stereocenters. The summed E-state index contributed by atoms with van der Waals surface area (Å²) in [5.41, 5.74) is 1.14. The lowest BCUT2D eigenvalue weighted by Crippen LogP contribution is -2.43. The predicted octanol–water partition coefficient (Wildman–Crippen LogP) is 1.65. The fourth-order valence-corrected chi connectivity index (χ4v) is 1.47. The topological polar surface area (TPSA) is 58.6 Å². The van der Waals surface area contributed by atoms with Crippen LogP contribution in [0.4, 0.5) is 0 Å². The van der Waals surface area contributed by atoms with Gasteiger partial charge >= 0.3 is 0 Å². The van der Waals surface area contributed by atoms with Gasteiger partial charge < -0.3 is 15.2 Å². The van der Waals surface area contributed by atoms with Gasteiger partial charge in [-0.2, -0.15) is 0 Å². The number of rotatable bonds is 6. The first-order chi connectivity index (χ1) is 8.56. The minimum Gasteiger partial charge on any atom is -0.481 e. The van der Waals surface area contributed by atoms with Crippen LogP contribution in [0.5, 0.6) is 5.75 Å². The molecule has 0 fully saturated rings. The predicted molar refractivity (Wildman–Crippen MR) is 70.6 cm³/mol. The Kier molecular flexibility index (Phi) is 5.65. The zero-order chi connectivity index (χ0) is 13.5. The van der Waals surface area contributed by atoms with Gasteiger partial charge in [0.2, 0.25) is 0 Å². The number of carbonyl (C=O) groups excluding carboxylic acids is 1. The third kappa shape index (κ3) is 4.37. The molecule has 18 heavy (non-hydrogen) atoms. The second-order valence-corrected chi connectivity index (χ2v) is 4.37. The summed E-state index contributed by atoms with van der Waals surface area (Å²) in [5, 5.41) is 11.8. The van der Waals surface area contributed by atoms with E-state index in [9.17, 15) is 4.79 Å². The van der Waals surface area contributed by atoms with E-state index in [1.54, 1.807) is 6.92 Å². The van der Waals surface area contributed by atoms with Gasteiger partial charge in [-0.05, 0) is 32.4 Å². The monoisotopic (exact) mass is 251 g/mol. The van der Waals surface area contributed by atoms with E-state index in [4.69, 9.17) is 9.84 Å². The Hall–Kier alpha value is -1.55. The van der Waals surface area contributed by atoms with Gasteiger partial charge in [0.1, 0.15) is 5.75 Å². The zero-order valence-electron chi connectivity index (χ0n) is 11.1. The first-order valence-corrected chi connectivity index (χ1v) is 6.21. The lowest BCUT2D eigenvalue weighted by atomic mass is 10.2. The molecule has 0 bridgehead atoms. The molecule has 1 aromatic carbocycles. The summed E-state index contributed by atoms with van der Waals surface area (Å²) < 4.78 is 5.53. The van der Waals surface area contributed by atoms with Gasteiger partial charge in [-0.25, -0.2) is 0 Å². The molecule has 0 aliphatic rings. The quantitative estimate of drug-likeness (QED) is 0.808. The molecule has 4 heteroatoms. The summed E-state index contributed by atoms with van der Waals surface area (Å²) in [6, 6.07) is 7.33. The Labute approximate surface area is 108 Å². The van der Waals surface area contributed by atoms with Gasteiger partial charge in [0.05, 0.1) is 12.6 Å². The molecule has 0 saturated heterocycles. The van der Waals surface area contributed by atoms with Crippen LogP contribution in [0.3, 0.4) is 0 Å². The highest BCUT2D eigenvalue weighted by Gasteiger charge is 2.17. The molecule has 0 aromatic heterocycles. The number of nitrogens with one attached hydrogen (secondary N) is 1. The normalized spacial score (nSPS) is 13.8. The molecule has 4 nitrogen and oxygen atoms in total. The van der Waals surface area contributed by atoms with Crippen molar-refractivity contribution in [2.24, 2.45) is 0 Å². The molecule has 1 unspecified atom stereocenters. The van der Waals surface area contributed by atoms with E-state index in [2.05, 4.69) is 5.32 Å². The summed E-state index contributed by atoms with van der Waals surface area (Å²) >= 11 is 0. The largest absolute Gasteiger partial charge is 0.481 e. The molecule has 0 spiro atoms. The lowest BCUT2D eigenvalue weighted by Gasteiger charge is -2.19. The highest BCUT2D eigenvalue weighted by Crippen LogP contribution is 2.13. The lowest BCUT2D eigenvalue weighted by molar-refractivity contribution is -0.128. The van der Waals surface area contributed by atoms with Crippen molar-refractivity contribution in [2.45, 2.75) is 39.3 Å². The average molecular weight is 251 g/mol. The number of amides is 1. The summed E-state index contributed by atoms with van der Waals surface area (Å²) in [6.45, 7) is 5.54. The first-order valence-electron chi connectivity index (χ1n) is 6.21. The van der Waals surface area contributed by atoms with E-state index in [0.29, 0.717) is 12.2 Å².